The van der Waals surface area contributed by atoms with Crippen molar-refractivity contribution in [1.82, 2.24) is 4.57 Å². The molecule has 0 aliphatic rings. The summed E-state index contributed by atoms with van der Waals surface area (Å²) in [6.07, 6.45) is 7.70. The van der Waals surface area contributed by atoms with Gasteiger partial charge in [0.2, 0.25) is 0 Å². The van der Waals surface area contributed by atoms with Crippen LogP contribution in [0.3, 0.4) is 0 Å². The van der Waals surface area contributed by atoms with Crippen LogP contribution in [0.5, 0.6) is 0 Å². The number of hydrogen-bond acceptors (Lipinski definition) is 1. The maximum Gasteiger partial charge on any atom is 0.251 e. The number of terminal acetylenes is 1. The topological polar surface area (TPSA) is 22.0 Å². The predicted molar refractivity (Wildman–Crippen MR) is 56.6 cm³/mol. The van der Waals surface area contributed by atoms with E-state index in [1.54, 1.807) is 12.3 Å². The fraction of sp³-hybridized carbons (Fsp3) is 0.300. The van der Waals surface area contributed by atoms with E-state index in [0.29, 0.717) is 6.54 Å². The zero-order valence-corrected chi connectivity index (χ0v) is 8.97. The highest BCUT2D eigenvalue weighted by molar-refractivity contribution is 9.10. The highest BCUT2D eigenvalue weighted by atomic mass is 79.9. The van der Waals surface area contributed by atoms with E-state index >= 15 is 0 Å². The average Bonchev–Trinajstić information content (AvgIpc) is 2.11. The van der Waals surface area contributed by atoms with Gasteiger partial charge in [-0.3, -0.25) is 4.79 Å². The average molecular weight is 240 g/mol. The molecule has 0 saturated heterocycles. The Morgan fingerprint density at radius 1 is 1.69 bits per heavy atom. The maximum atomic E-state index is 11.4. The molecule has 1 heterocycles. The lowest BCUT2D eigenvalue weighted by molar-refractivity contribution is 0.785. The van der Waals surface area contributed by atoms with Crippen molar-refractivity contribution in [3.8, 4) is 12.3 Å². The van der Waals surface area contributed by atoms with Gasteiger partial charge in [-0.1, -0.05) is 12.8 Å². The van der Waals surface area contributed by atoms with Gasteiger partial charge in [0, 0.05) is 16.7 Å². The summed E-state index contributed by atoms with van der Waals surface area (Å²) >= 11 is 3.38. The quantitative estimate of drug-likeness (QED) is 0.722. The van der Waals surface area contributed by atoms with Gasteiger partial charge in [-0.15, -0.1) is 6.42 Å². The smallest absolute Gasteiger partial charge is 0.251 e. The highest BCUT2D eigenvalue weighted by Crippen LogP contribution is 2.13. The zero-order valence-electron chi connectivity index (χ0n) is 7.38. The monoisotopic (exact) mass is 239 g/mol. The van der Waals surface area contributed by atoms with Gasteiger partial charge in [0.05, 0.1) is 6.54 Å². The predicted octanol–water partition coefficient (Wildman–Crippen LogP) is 1.81. The summed E-state index contributed by atoms with van der Waals surface area (Å²) in [7, 11) is 0. The van der Waals surface area contributed by atoms with Gasteiger partial charge in [0.15, 0.2) is 0 Å². The van der Waals surface area contributed by atoms with Crippen LogP contribution in [0.4, 0.5) is 0 Å². The minimum Gasteiger partial charge on any atom is -0.303 e. The van der Waals surface area contributed by atoms with E-state index in [1.165, 1.54) is 4.57 Å². The van der Waals surface area contributed by atoms with Gasteiger partial charge in [-0.05, 0) is 27.9 Å². The lowest BCUT2D eigenvalue weighted by atomic mass is 10.2. The molecule has 0 aliphatic heterocycles. The minimum atomic E-state index is -0.0435. The fourth-order valence-electron chi connectivity index (χ4n) is 1.08. The molecule has 0 aliphatic carbocycles. The minimum absolute atomic E-state index is 0.0435. The van der Waals surface area contributed by atoms with Crippen LogP contribution in [0.2, 0.25) is 0 Å². The molecular formula is C10H10BrNO. The van der Waals surface area contributed by atoms with Crippen molar-refractivity contribution in [2.75, 3.05) is 0 Å². The van der Waals surface area contributed by atoms with E-state index in [-0.39, 0.29) is 5.56 Å². The van der Waals surface area contributed by atoms with Crippen LogP contribution in [0, 0.1) is 12.3 Å². The van der Waals surface area contributed by atoms with Crippen LogP contribution in [0.25, 0.3) is 0 Å². The molecule has 0 spiro atoms. The van der Waals surface area contributed by atoms with Crippen LogP contribution < -0.4 is 5.56 Å². The lowest BCUT2D eigenvalue weighted by Gasteiger charge is -2.04. The first kappa shape index (κ1) is 10.1. The Morgan fingerprint density at radius 3 is 2.92 bits per heavy atom. The normalized spacial score (nSPS) is 9.62. The number of nitrogens with zero attached hydrogens (tertiary/aromatic N) is 1. The van der Waals surface area contributed by atoms with Crippen LogP contribution >= 0.6 is 15.9 Å². The molecule has 68 valence electrons. The Bertz CT molecular complexity index is 400. The molecule has 0 N–H and O–H groups in total. The Hall–Kier alpha value is -1.01. The van der Waals surface area contributed by atoms with Crippen molar-refractivity contribution in [2.24, 2.45) is 0 Å². The molecule has 0 aromatic carbocycles. The van der Waals surface area contributed by atoms with E-state index in [0.717, 1.165) is 16.5 Å². The van der Waals surface area contributed by atoms with Crippen molar-refractivity contribution in [3.63, 3.8) is 0 Å². The van der Waals surface area contributed by atoms with Crippen LogP contribution in [-0.2, 0) is 13.0 Å². The number of halogens is 1. The summed E-state index contributed by atoms with van der Waals surface area (Å²) < 4.78 is 2.44. The van der Waals surface area contributed by atoms with E-state index in [1.807, 2.05) is 6.92 Å². The van der Waals surface area contributed by atoms with Crippen molar-refractivity contribution in [2.45, 2.75) is 19.9 Å². The van der Waals surface area contributed by atoms with Crippen molar-refractivity contribution >= 4 is 15.9 Å². The molecule has 0 bridgehead atoms. The zero-order chi connectivity index (χ0) is 9.84. The summed E-state index contributed by atoms with van der Waals surface area (Å²) in [6.45, 7) is 2.33. The second kappa shape index (κ2) is 4.29. The second-order valence-corrected chi connectivity index (χ2v) is 3.52. The number of aryl methyl sites for hydroxylation is 1. The molecule has 0 saturated carbocycles. The molecule has 1 aromatic heterocycles. The van der Waals surface area contributed by atoms with Crippen LogP contribution in [0.1, 0.15) is 12.5 Å². The van der Waals surface area contributed by atoms with Gasteiger partial charge < -0.3 is 4.57 Å². The molecule has 2 nitrogen and oxygen atoms in total. The lowest BCUT2D eigenvalue weighted by Crippen LogP contribution is -2.19. The van der Waals surface area contributed by atoms with Gasteiger partial charge in [-0.25, -0.2) is 0 Å². The van der Waals surface area contributed by atoms with Crippen molar-refractivity contribution in [1.29, 1.82) is 0 Å². The molecule has 0 radical (unpaired) electrons. The van der Waals surface area contributed by atoms with E-state index in [4.69, 9.17) is 6.42 Å². The molecular weight excluding hydrogens is 230 g/mol. The van der Waals surface area contributed by atoms with Crippen LogP contribution in [0.15, 0.2) is 21.5 Å². The molecule has 0 fully saturated rings. The fourth-order valence-corrected chi connectivity index (χ4v) is 1.72. The standard InChI is InChI=1S/C10H10BrNO/c1-3-5-12-7-9(11)8(4-2)6-10(12)13/h1,6-7H,4-5H2,2H3. The molecule has 0 unspecified atom stereocenters. The molecule has 1 rings (SSSR count). The highest BCUT2D eigenvalue weighted by Gasteiger charge is 2.01. The SMILES string of the molecule is C#CCn1cc(Br)c(CC)cc1=O. The van der Waals surface area contributed by atoms with Crippen molar-refractivity contribution in [3.05, 3.63) is 32.7 Å². The first-order valence-corrected chi connectivity index (χ1v) is 4.80. The number of pyridine rings is 1. The van der Waals surface area contributed by atoms with Crippen LogP contribution in [-0.4, -0.2) is 4.57 Å². The summed E-state index contributed by atoms with van der Waals surface area (Å²) in [5, 5.41) is 0. The molecule has 3 heteroatoms. The second-order valence-electron chi connectivity index (χ2n) is 2.67. The van der Waals surface area contributed by atoms with Crippen molar-refractivity contribution < 1.29 is 0 Å². The third kappa shape index (κ3) is 2.22. The van der Waals surface area contributed by atoms with E-state index in [9.17, 15) is 4.79 Å². The Morgan fingerprint density at radius 2 is 2.38 bits per heavy atom. The first-order valence-electron chi connectivity index (χ1n) is 4.01. The number of rotatable bonds is 2. The largest absolute Gasteiger partial charge is 0.303 e. The molecule has 13 heavy (non-hydrogen) atoms. The Kier molecular flexibility index (Phi) is 3.32. The van der Waals surface area contributed by atoms with Gasteiger partial charge in [0.25, 0.3) is 5.56 Å². The third-order valence-electron chi connectivity index (χ3n) is 1.80. The van der Waals surface area contributed by atoms with E-state index in [2.05, 4.69) is 21.9 Å². The molecule has 0 atom stereocenters. The van der Waals surface area contributed by atoms with Gasteiger partial charge in [-0.2, -0.15) is 0 Å². The summed E-state index contributed by atoms with van der Waals surface area (Å²) in [5.74, 6) is 2.43. The summed E-state index contributed by atoms with van der Waals surface area (Å²) in [6, 6.07) is 1.61. The summed E-state index contributed by atoms with van der Waals surface area (Å²) in [5.41, 5.74) is 0.969. The molecule has 1 aromatic rings. The third-order valence-corrected chi connectivity index (χ3v) is 2.51. The number of hydrogen-bond donors (Lipinski definition) is 0. The maximum absolute atomic E-state index is 11.4. The number of aromatic nitrogens is 1. The van der Waals surface area contributed by atoms with Gasteiger partial charge in [0.1, 0.15) is 0 Å². The van der Waals surface area contributed by atoms with Gasteiger partial charge >= 0.3 is 0 Å². The molecule has 0 amide bonds. The Balaban J connectivity index is 3.22. The first-order chi connectivity index (χ1) is 6.19. The summed E-state index contributed by atoms with van der Waals surface area (Å²) in [4.78, 5) is 11.4. The Labute approximate surface area is 85.7 Å². The van der Waals surface area contributed by atoms with E-state index < -0.39 is 0 Å².